The molecule has 0 spiro atoms. The van der Waals surface area contributed by atoms with Gasteiger partial charge in [0.25, 0.3) is 0 Å². The molecule has 0 saturated heterocycles. The van der Waals surface area contributed by atoms with E-state index in [9.17, 15) is 4.79 Å². The molecule has 0 aliphatic carbocycles. The summed E-state index contributed by atoms with van der Waals surface area (Å²) in [4.78, 5) is 12.9. The van der Waals surface area contributed by atoms with Crippen LogP contribution in [0.3, 0.4) is 0 Å². The summed E-state index contributed by atoms with van der Waals surface area (Å²) in [5.41, 5.74) is 0. The van der Waals surface area contributed by atoms with Crippen molar-refractivity contribution in [3.05, 3.63) is 30.3 Å². The van der Waals surface area contributed by atoms with Crippen LogP contribution >= 0.6 is 27.7 Å². The van der Waals surface area contributed by atoms with Gasteiger partial charge < -0.3 is 9.16 Å². The third-order valence-electron chi connectivity index (χ3n) is 4.77. The number of thioether (sulfide) groups is 1. The van der Waals surface area contributed by atoms with Crippen LogP contribution in [0.4, 0.5) is 0 Å². The van der Waals surface area contributed by atoms with E-state index >= 15 is 0 Å². The lowest BCUT2D eigenvalue weighted by Gasteiger charge is -2.41. The predicted octanol–water partition coefficient (Wildman–Crippen LogP) is 5.74. The van der Waals surface area contributed by atoms with Crippen LogP contribution in [0.5, 0.6) is 0 Å². The van der Waals surface area contributed by atoms with Gasteiger partial charge in [-0.3, -0.25) is 4.79 Å². The van der Waals surface area contributed by atoms with E-state index in [1.165, 1.54) is 12.0 Å². The molecule has 0 unspecified atom stereocenters. The fraction of sp³-hybridized carbons (Fsp3) is 0.632. The maximum Gasteiger partial charge on any atom is 0.322 e. The van der Waals surface area contributed by atoms with Crippen molar-refractivity contribution in [1.82, 2.24) is 0 Å². The second-order valence-electron chi connectivity index (χ2n) is 7.87. The lowest BCUT2D eigenvalue weighted by Crippen LogP contribution is -2.50. The van der Waals surface area contributed by atoms with Crippen LogP contribution < -0.4 is 0 Å². The smallest absolute Gasteiger partial charge is 0.322 e. The van der Waals surface area contributed by atoms with Crippen molar-refractivity contribution in [2.45, 2.75) is 61.7 Å². The summed E-state index contributed by atoms with van der Waals surface area (Å²) in [7, 11) is -0.587. The van der Waals surface area contributed by atoms with Gasteiger partial charge in [0.2, 0.25) is 0 Å². The molecule has 1 rings (SSSR count). The molecule has 0 amide bonds. The zero-order chi connectivity index (χ0) is 19.3. The molecule has 142 valence electrons. The molecule has 0 N–H and O–H groups in total. The van der Waals surface area contributed by atoms with Crippen molar-refractivity contribution < 1.29 is 14.0 Å². The fourth-order valence-corrected chi connectivity index (χ4v) is 5.48. The second kappa shape index (κ2) is 9.58. The number of carbonyl (C=O) groups excluding carboxylic acids is 1. The highest BCUT2D eigenvalue weighted by molar-refractivity contribution is 9.10. The number of benzene rings is 1. The van der Waals surface area contributed by atoms with Gasteiger partial charge in [-0.15, -0.1) is 11.8 Å². The summed E-state index contributed by atoms with van der Waals surface area (Å²) in [5.74, 6) is 0.797. The molecule has 0 aromatic heterocycles. The van der Waals surface area contributed by atoms with Crippen LogP contribution in [-0.2, 0) is 14.0 Å². The largest absolute Gasteiger partial charge is 0.468 e. The Morgan fingerprint density at radius 2 is 1.80 bits per heavy atom. The van der Waals surface area contributed by atoms with Crippen LogP contribution in [0.15, 0.2) is 35.2 Å². The Morgan fingerprint density at radius 3 is 2.28 bits per heavy atom. The maximum absolute atomic E-state index is 12.1. The van der Waals surface area contributed by atoms with Crippen LogP contribution in [0.2, 0.25) is 18.1 Å². The molecule has 6 heteroatoms. The quantitative estimate of drug-likeness (QED) is 0.220. The van der Waals surface area contributed by atoms with Crippen molar-refractivity contribution in [3.63, 3.8) is 0 Å². The molecule has 0 aliphatic heterocycles. The third-order valence-corrected chi connectivity index (χ3v) is 11.4. The van der Waals surface area contributed by atoms with Gasteiger partial charge in [-0.05, 0) is 36.2 Å². The number of esters is 1. The first-order chi connectivity index (χ1) is 11.5. The fourth-order valence-electron chi connectivity index (χ4n) is 2.07. The summed E-state index contributed by atoms with van der Waals surface area (Å²) in [6, 6.07) is 10.3. The van der Waals surface area contributed by atoms with Crippen molar-refractivity contribution in [3.8, 4) is 0 Å². The molecule has 0 heterocycles. The number of halogens is 1. The SMILES string of the molecule is COC(=O)[C@@H](Br)[C@@H](O[Si](C)(C)C(C)(C)C)[C@H](C)CSc1ccccc1. The first-order valence-electron chi connectivity index (χ1n) is 8.57. The van der Waals surface area contributed by atoms with E-state index in [0.29, 0.717) is 0 Å². The van der Waals surface area contributed by atoms with E-state index in [0.717, 1.165) is 5.75 Å². The first-order valence-corrected chi connectivity index (χ1v) is 13.4. The van der Waals surface area contributed by atoms with E-state index in [4.69, 9.17) is 9.16 Å². The molecular weight excluding hydrogens is 416 g/mol. The third kappa shape index (κ3) is 6.74. The van der Waals surface area contributed by atoms with Gasteiger partial charge in [-0.2, -0.15) is 0 Å². The first kappa shape index (κ1) is 22.7. The molecule has 0 aliphatic rings. The van der Waals surface area contributed by atoms with Gasteiger partial charge in [-0.1, -0.05) is 61.8 Å². The highest BCUT2D eigenvalue weighted by Gasteiger charge is 2.43. The minimum absolute atomic E-state index is 0.0837. The summed E-state index contributed by atoms with van der Waals surface area (Å²) >= 11 is 5.32. The summed E-state index contributed by atoms with van der Waals surface area (Å²) in [5, 5.41) is 0.0837. The molecule has 0 fully saturated rings. The number of hydrogen-bond acceptors (Lipinski definition) is 4. The van der Waals surface area contributed by atoms with Crippen molar-refractivity contribution >= 4 is 42.0 Å². The minimum Gasteiger partial charge on any atom is -0.468 e. The Morgan fingerprint density at radius 1 is 1.24 bits per heavy atom. The lowest BCUT2D eigenvalue weighted by atomic mass is 10.0. The standard InChI is InChI=1S/C19H31BrO3SSi/c1-14(13-24-15-11-9-8-10-12-15)17(16(20)18(21)22-5)23-25(6,7)19(2,3)4/h8-12,14,16-17H,13H2,1-7H3/t14-,16+,17+/m1/s1. The highest BCUT2D eigenvalue weighted by atomic mass is 79.9. The zero-order valence-corrected chi connectivity index (χ0v) is 19.7. The molecule has 0 bridgehead atoms. The van der Waals surface area contributed by atoms with Gasteiger partial charge in [-0.25, -0.2) is 0 Å². The summed E-state index contributed by atoms with van der Waals surface area (Å²) in [6.45, 7) is 13.2. The molecule has 0 radical (unpaired) electrons. The van der Waals surface area contributed by atoms with Crippen LogP contribution in [0.25, 0.3) is 0 Å². The van der Waals surface area contributed by atoms with Crippen molar-refractivity contribution in [2.24, 2.45) is 5.92 Å². The van der Waals surface area contributed by atoms with Gasteiger partial charge in [0.15, 0.2) is 8.32 Å². The number of rotatable bonds is 8. The average Bonchev–Trinajstić information content (AvgIpc) is 2.56. The van der Waals surface area contributed by atoms with Gasteiger partial charge >= 0.3 is 5.97 Å². The average molecular weight is 448 g/mol. The lowest BCUT2D eigenvalue weighted by molar-refractivity contribution is -0.142. The van der Waals surface area contributed by atoms with E-state index in [1.54, 1.807) is 11.8 Å². The minimum atomic E-state index is -2.01. The number of alkyl halides is 1. The van der Waals surface area contributed by atoms with E-state index in [1.807, 2.05) is 18.2 Å². The van der Waals surface area contributed by atoms with E-state index in [-0.39, 0.29) is 23.0 Å². The monoisotopic (exact) mass is 446 g/mol. The Kier molecular flexibility index (Phi) is 8.71. The molecule has 25 heavy (non-hydrogen) atoms. The topological polar surface area (TPSA) is 35.5 Å². The summed E-state index contributed by atoms with van der Waals surface area (Å²) < 4.78 is 11.6. The van der Waals surface area contributed by atoms with Gasteiger partial charge in [0.1, 0.15) is 4.83 Å². The number of carbonyl (C=O) groups is 1. The van der Waals surface area contributed by atoms with E-state index < -0.39 is 13.1 Å². The molecular formula is C19H31BrO3SSi. The Bertz CT molecular complexity index is 545. The molecule has 1 aromatic carbocycles. The van der Waals surface area contributed by atoms with Crippen LogP contribution in [-0.4, -0.2) is 38.1 Å². The van der Waals surface area contributed by atoms with Crippen LogP contribution in [0, 0.1) is 5.92 Å². The Balaban J connectivity index is 2.91. The Labute approximate surface area is 166 Å². The Hall–Kier alpha value is -0.303. The van der Waals surface area contributed by atoms with E-state index in [2.05, 4.69) is 68.9 Å². The maximum atomic E-state index is 12.1. The number of ether oxygens (including phenoxy) is 1. The second-order valence-corrected chi connectivity index (χ2v) is 14.7. The van der Waals surface area contributed by atoms with Gasteiger partial charge in [0, 0.05) is 10.6 Å². The molecule has 3 atom stereocenters. The van der Waals surface area contributed by atoms with Gasteiger partial charge in [0.05, 0.1) is 13.2 Å². The molecule has 0 saturated carbocycles. The molecule has 1 aromatic rings. The summed E-state index contributed by atoms with van der Waals surface area (Å²) in [6.07, 6.45) is -0.218. The van der Waals surface area contributed by atoms with Crippen molar-refractivity contribution in [1.29, 1.82) is 0 Å². The highest BCUT2D eigenvalue weighted by Crippen LogP contribution is 2.39. The number of hydrogen-bond donors (Lipinski definition) is 0. The molecule has 3 nitrogen and oxygen atoms in total. The predicted molar refractivity (Wildman–Crippen MR) is 113 cm³/mol. The van der Waals surface area contributed by atoms with Crippen LogP contribution in [0.1, 0.15) is 27.7 Å². The normalized spacial score (nSPS) is 16.2. The number of methoxy groups -OCH3 is 1. The van der Waals surface area contributed by atoms with Crippen molar-refractivity contribution in [2.75, 3.05) is 12.9 Å². The zero-order valence-electron chi connectivity index (χ0n) is 16.3.